The summed E-state index contributed by atoms with van der Waals surface area (Å²) in [4.78, 5) is 12.8. The molecule has 2 aliphatic rings. The Bertz CT molecular complexity index is 808. The predicted molar refractivity (Wildman–Crippen MR) is 93.6 cm³/mol. The third-order valence-corrected chi connectivity index (χ3v) is 5.15. The lowest BCUT2D eigenvalue weighted by Crippen LogP contribution is -2.43. The van der Waals surface area contributed by atoms with Crippen molar-refractivity contribution in [1.82, 2.24) is 20.4 Å². The fraction of sp³-hybridized carbons (Fsp3) is 0.474. The summed E-state index contributed by atoms with van der Waals surface area (Å²) >= 11 is 0. The van der Waals surface area contributed by atoms with E-state index in [1.54, 1.807) is 10.7 Å². The number of hydrogen-bond acceptors (Lipinski definition) is 3. The molecule has 5 nitrogen and oxygen atoms in total. The van der Waals surface area contributed by atoms with E-state index in [1.165, 1.54) is 6.07 Å². The van der Waals surface area contributed by atoms with Gasteiger partial charge in [-0.15, -0.1) is 0 Å². The van der Waals surface area contributed by atoms with Crippen LogP contribution in [0.15, 0.2) is 18.2 Å². The molecule has 0 unspecified atom stereocenters. The van der Waals surface area contributed by atoms with E-state index in [2.05, 4.69) is 15.7 Å². The van der Waals surface area contributed by atoms with Crippen molar-refractivity contribution in [3.63, 3.8) is 0 Å². The van der Waals surface area contributed by atoms with Gasteiger partial charge in [-0.1, -0.05) is 6.07 Å². The SMILES string of the molecule is Cc1ccc(-n2nc(C(=O)NC3CCNCC3)c3c2CCC3)c(F)c1. The fourth-order valence-corrected chi connectivity index (χ4v) is 3.82. The highest BCUT2D eigenvalue weighted by Crippen LogP contribution is 2.29. The molecular formula is C19H23FN4O. The van der Waals surface area contributed by atoms with E-state index < -0.39 is 0 Å². The van der Waals surface area contributed by atoms with Crippen molar-refractivity contribution >= 4 is 5.91 Å². The number of benzene rings is 1. The zero-order valence-corrected chi connectivity index (χ0v) is 14.4. The Morgan fingerprint density at radius 3 is 2.88 bits per heavy atom. The molecule has 1 aromatic heterocycles. The third kappa shape index (κ3) is 3.06. The lowest BCUT2D eigenvalue weighted by Gasteiger charge is -2.23. The maximum atomic E-state index is 14.4. The summed E-state index contributed by atoms with van der Waals surface area (Å²) in [6, 6.07) is 5.31. The number of hydrogen-bond donors (Lipinski definition) is 2. The first-order valence-corrected chi connectivity index (χ1v) is 9.02. The first-order chi connectivity index (χ1) is 12.1. The van der Waals surface area contributed by atoms with Crippen LogP contribution in [0.4, 0.5) is 4.39 Å². The number of nitrogens with one attached hydrogen (secondary N) is 2. The Balaban J connectivity index is 1.66. The van der Waals surface area contributed by atoms with E-state index >= 15 is 0 Å². The fourth-order valence-electron chi connectivity index (χ4n) is 3.82. The van der Waals surface area contributed by atoms with Crippen LogP contribution in [-0.2, 0) is 12.8 Å². The summed E-state index contributed by atoms with van der Waals surface area (Å²) in [5.74, 6) is -0.432. The van der Waals surface area contributed by atoms with Gasteiger partial charge in [0, 0.05) is 17.3 Å². The number of aryl methyl sites for hydroxylation is 1. The summed E-state index contributed by atoms with van der Waals surface area (Å²) < 4.78 is 16.1. The van der Waals surface area contributed by atoms with E-state index in [9.17, 15) is 9.18 Å². The molecule has 25 heavy (non-hydrogen) atoms. The first kappa shape index (κ1) is 16.3. The number of rotatable bonds is 3. The first-order valence-electron chi connectivity index (χ1n) is 9.02. The van der Waals surface area contributed by atoms with Crippen LogP contribution in [0.3, 0.4) is 0 Å². The van der Waals surface area contributed by atoms with Crippen LogP contribution in [0.2, 0.25) is 0 Å². The number of nitrogens with zero attached hydrogens (tertiary/aromatic N) is 2. The highest BCUT2D eigenvalue weighted by molar-refractivity contribution is 5.94. The maximum Gasteiger partial charge on any atom is 0.272 e. The van der Waals surface area contributed by atoms with Gasteiger partial charge in [0.25, 0.3) is 5.91 Å². The Labute approximate surface area is 146 Å². The van der Waals surface area contributed by atoms with Crippen molar-refractivity contribution in [2.45, 2.75) is 45.1 Å². The molecule has 132 valence electrons. The molecule has 0 bridgehead atoms. The van der Waals surface area contributed by atoms with Gasteiger partial charge < -0.3 is 10.6 Å². The quantitative estimate of drug-likeness (QED) is 0.900. The second kappa shape index (κ2) is 6.59. The van der Waals surface area contributed by atoms with Crippen LogP contribution in [-0.4, -0.2) is 34.8 Å². The minimum absolute atomic E-state index is 0.128. The second-order valence-electron chi connectivity index (χ2n) is 6.99. The molecule has 2 N–H and O–H groups in total. The van der Waals surface area contributed by atoms with Crippen molar-refractivity contribution in [3.8, 4) is 5.69 Å². The van der Waals surface area contributed by atoms with Crippen LogP contribution < -0.4 is 10.6 Å². The summed E-state index contributed by atoms with van der Waals surface area (Å²) in [6.07, 6.45) is 4.50. The number of aromatic nitrogens is 2. The smallest absolute Gasteiger partial charge is 0.272 e. The normalized spacial score (nSPS) is 17.5. The van der Waals surface area contributed by atoms with Gasteiger partial charge in [0.1, 0.15) is 11.5 Å². The standard InChI is InChI=1S/C19H23FN4O/c1-12-5-6-17(15(20)11-12)24-16-4-2-3-14(16)18(23-24)19(25)22-13-7-9-21-10-8-13/h5-6,11,13,21H,2-4,7-10H2,1H3,(H,22,25). The van der Waals surface area contributed by atoms with Crippen molar-refractivity contribution in [2.75, 3.05) is 13.1 Å². The molecule has 0 radical (unpaired) electrons. The highest BCUT2D eigenvalue weighted by atomic mass is 19.1. The molecule has 2 heterocycles. The van der Waals surface area contributed by atoms with Crippen LogP contribution in [0.5, 0.6) is 0 Å². The largest absolute Gasteiger partial charge is 0.348 e. The van der Waals surface area contributed by atoms with Gasteiger partial charge in [0.05, 0.1) is 0 Å². The summed E-state index contributed by atoms with van der Waals surface area (Å²) in [5.41, 5.74) is 3.70. The molecule has 1 aliphatic heterocycles. The van der Waals surface area contributed by atoms with Gasteiger partial charge in [0.2, 0.25) is 0 Å². The van der Waals surface area contributed by atoms with Crippen LogP contribution >= 0.6 is 0 Å². The van der Waals surface area contributed by atoms with Gasteiger partial charge in [-0.3, -0.25) is 4.79 Å². The monoisotopic (exact) mass is 342 g/mol. The Morgan fingerprint density at radius 1 is 1.32 bits per heavy atom. The van der Waals surface area contributed by atoms with Gasteiger partial charge >= 0.3 is 0 Å². The molecule has 1 aromatic carbocycles. The van der Waals surface area contributed by atoms with Gasteiger partial charge in [0.15, 0.2) is 5.69 Å². The Hall–Kier alpha value is -2.21. The maximum absolute atomic E-state index is 14.4. The number of fused-ring (bicyclic) bond motifs is 1. The van der Waals surface area contributed by atoms with Crippen molar-refractivity contribution < 1.29 is 9.18 Å². The summed E-state index contributed by atoms with van der Waals surface area (Å²) in [6.45, 7) is 3.70. The molecular weight excluding hydrogens is 319 g/mol. The molecule has 2 aromatic rings. The van der Waals surface area contributed by atoms with E-state index in [4.69, 9.17) is 0 Å². The lowest BCUT2D eigenvalue weighted by molar-refractivity contribution is 0.0923. The number of piperidine rings is 1. The average Bonchev–Trinajstić information content (AvgIpc) is 3.18. The zero-order valence-electron chi connectivity index (χ0n) is 14.4. The Kier molecular flexibility index (Phi) is 4.29. The number of halogens is 1. The van der Waals surface area contributed by atoms with Crippen molar-refractivity contribution in [1.29, 1.82) is 0 Å². The Morgan fingerprint density at radius 2 is 2.12 bits per heavy atom. The van der Waals surface area contributed by atoms with E-state index in [0.717, 1.165) is 62.0 Å². The second-order valence-corrected chi connectivity index (χ2v) is 6.99. The van der Waals surface area contributed by atoms with Crippen LogP contribution in [0, 0.1) is 12.7 Å². The van der Waals surface area contributed by atoms with Crippen molar-refractivity contribution in [2.24, 2.45) is 0 Å². The minimum Gasteiger partial charge on any atom is -0.348 e. The summed E-state index contributed by atoms with van der Waals surface area (Å²) in [7, 11) is 0. The molecule has 6 heteroatoms. The average molecular weight is 342 g/mol. The number of carbonyl (C=O) groups excluding carboxylic acids is 1. The molecule has 0 atom stereocenters. The third-order valence-electron chi connectivity index (χ3n) is 5.15. The van der Waals surface area contributed by atoms with Gasteiger partial charge in [-0.25, -0.2) is 9.07 Å². The topological polar surface area (TPSA) is 59.0 Å². The van der Waals surface area contributed by atoms with Crippen LogP contribution in [0.25, 0.3) is 5.69 Å². The molecule has 0 saturated carbocycles. The van der Waals surface area contributed by atoms with Gasteiger partial charge in [-0.05, 0) is 69.8 Å². The van der Waals surface area contributed by atoms with E-state index in [0.29, 0.717) is 11.4 Å². The molecule has 4 rings (SSSR count). The molecule has 0 spiro atoms. The number of carbonyl (C=O) groups is 1. The molecule has 1 amide bonds. The van der Waals surface area contributed by atoms with E-state index in [1.807, 2.05) is 13.0 Å². The molecule has 1 aliphatic carbocycles. The zero-order chi connectivity index (χ0) is 17.4. The highest BCUT2D eigenvalue weighted by Gasteiger charge is 2.29. The lowest BCUT2D eigenvalue weighted by atomic mass is 10.1. The predicted octanol–water partition coefficient (Wildman–Crippen LogP) is 2.29. The number of amides is 1. The van der Waals surface area contributed by atoms with E-state index in [-0.39, 0.29) is 17.8 Å². The van der Waals surface area contributed by atoms with Crippen LogP contribution in [0.1, 0.15) is 46.6 Å². The molecule has 1 saturated heterocycles. The van der Waals surface area contributed by atoms with Crippen molar-refractivity contribution in [3.05, 3.63) is 46.5 Å². The summed E-state index contributed by atoms with van der Waals surface area (Å²) in [5, 5.41) is 10.9. The van der Waals surface area contributed by atoms with Gasteiger partial charge in [-0.2, -0.15) is 5.10 Å². The minimum atomic E-state index is -0.303. The molecule has 1 fully saturated rings.